The zero-order chi connectivity index (χ0) is 26.6. The van der Waals surface area contributed by atoms with Crippen molar-refractivity contribution >= 4 is 24.1 Å². The first kappa shape index (κ1) is 24.7. The number of pyridine rings is 1. The Morgan fingerprint density at radius 1 is 1.05 bits per heavy atom. The standard InChI is InChI=1S/C28H26N6O4/c1-33-15-22(14-31-33)21-12-25(26(29)30-13-21)27(36)32-23-9-10-34(16-23)28(37)38-24-4-2-3-20(11-24)19-7-5-18(17-35)6-8-19/h2-8,11-15,17,23H,9-10,16H2,1H3,(H2,29,30)(H,32,36)/t23-/m1/s1. The molecule has 1 saturated heterocycles. The number of aromatic nitrogens is 3. The number of ether oxygens (including phenoxy) is 1. The third kappa shape index (κ3) is 5.39. The molecule has 2 aromatic carbocycles. The SMILES string of the molecule is Cn1cc(-c2cnc(N)c(C(=O)N[C@@H]3CCN(C(=O)Oc4cccc(-c5ccc(C=O)cc5)c4)C3)c2)cn1. The zero-order valence-corrected chi connectivity index (χ0v) is 20.7. The van der Waals surface area contributed by atoms with Gasteiger partial charge in [-0.05, 0) is 35.7 Å². The van der Waals surface area contributed by atoms with Gasteiger partial charge in [0.1, 0.15) is 17.9 Å². The molecule has 2 aromatic heterocycles. The van der Waals surface area contributed by atoms with Crippen LogP contribution in [0.3, 0.4) is 0 Å². The fourth-order valence-corrected chi connectivity index (χ4v) is 4.35. The van der Waals surface area contributed by atoms with Crippen molar-refractivity contribution in [2.45, 2.75) is 12.5 Å². The number of nitrogens with two attached hydrogens (primary N) is 1. The molecule has 5 rings (SSSR count). The van der Waals surface area contributed by atoms with Crippen LogP contribution in [0, 0.1) is 0 Å². The minimum absolute atomic E-state index is 0.130. The summed E-state index contributed by atoms with van der Waals surface area (Å²) in [6.45, 7) is 0.757. The van der Waals surface area contributed by atoms with Gasteiger partial charge in [0, 0.05) is 55.3 Å². The van der Waals surface area contributed by atoms with Gasteiger partial charge in [0.15, 0.2) is 0 Å². The molecule has 0 aliphatic carbocycles. The summed E-state index contributed by atoms with van der Waals surface area (Å²) in [7, 11) is 1.81. The maximum atomic E-state index is 13.0. The molecule has 1 aliphatic heterocycles. The lowest BCUT2D eigenvalue weighted by molar-refractivity contribution is 0.0936. The van der Waals surface area contributed by atoms with Crippen LogP contribution >= 0.6 is 0 Å². The van der Waals surface area contributed by atoms with Gasteiger partial charge < -0.3 is 20.7 Å². The Balaban J connectivity index is 1.20. The Kier molecular flexibility index (Phi) is 6.86. The van der Waals surface area contributed by atoms with Crippen molar-refractivity contribution < 1.29 is 19.1 Å². The molecule has 0 spiro atoms. The fourth-order valence-electron chi connectivity index (χ4n) is 4.35. The Hall–Kier alpha value is -4.99. The molecule has 10 heteroatoms. The first-order valence-corrected chi connectivity index (χ1v) is 12.1. The molecular weight excluding hydrogens is 484 g/mol. The Morgan fingerprint density at radius 2 is 1.87 bits per heavy atom. The smallest absolute Gasteiger partial charge is 0.410 e. The second kappa shape index (κ2) is 10.6. The molecule has 1 aliphatic rings. The van der Waals surface area contributed by atoms with Gasteiger partial charge in [0.05, 0.1) is 11.8 Å². The van der Waals surface area contributed by atoms with Gasteiger partial charge in [-0.3, -0.25) is 14.3 Å². The predicted octanol–water partition coefficient (Wildman–Crippen LogP) is 3.55. The van der Waals surface area contributed by atoms with Crippen LogP contribution in [0.25, 0.3) is 22.3 Å². The number of carbonyl (C=O) groups excluding carboxylic acids is 3. The van der Waals surface area contributed by atoms with Gasteiger partial charge in [-0.2, -0.15) is 5.10 Å². The van der Waals surface area contributed by atoms with E-state index in [9.17, 15) is 14.4 Å². The third-order valence-electron chi connectivity index (χ3n) is 6.40. The first-order valence-electron chi connectivity index (χ1n) is 12.1. The van der Waals surface area contributed by atoms with Crippen molar-refractivity contribution in [2.24, 2.45) is 7.05 Å². The number of aryl methyl sites for hydroxylation is 1. The number of nitrogen functional groups attached to an aromatic ring is 1. The van der Waals surface area contributed by atoms with Crippen molar-refractivity contribution in [3.8, 4) is 28.0 Å². The minimum atomic E-state index is -0.491. The molecule has 0 bridgehead atoms. The molecule has 0 unspecified atom stereocenters. The number of nitrogens with one attached hydrogen (secondary N) is 1. The van der Waals surface area contributed by atoms with E-state index in [1.54, 1.807) is 58.4 Å². The summed E-state index contributed by atoms with van der Waals surface area (Å²) in [4.78, 5) is 42.4. The van der Waals surface area contributed by atoms with E-state index in [0.29, 0.717) is 30.8 Å². The first-order chi connectivity index (χ1) is 18.4. The largest absolute Gasteiger partial charge is 0.415 e. The number of nitrogens with zero attached hydrogens (tertiary/aromatic N) is 4. The van der Waals surface area contributed by atoms with E-state index in [1.165, 1.54) is 0 Å². The van der Waals surface area contributed by atoms with Gasteiger partial charge in [0.2, 0.25) is 0 Å². The van der Waals surface area contributed by atoms with Crippen molar-refractivity contribution in [1.82, 2.24) is 25.0 Å². The minimum Gasteiger partial charge on any atom is -0.410 e. The van der Waals surface area contributed by atoms with E-state index >= 15 is 0 Å². The lowest BCUT2D eigenvalue weighted by Crippen LogP contribution is -2.39. The molecule has 4 aromatic rings. The number of hydrogen-bond donors (Lipinski definition) is 2. The van der Waals surface area contributed by atoms with Crippen LogP contribution in [0.5, 0.6) is 5.75 Å². The van der Waals surface area contributed by atoms with Crippen LogP contribution in [-0.4, -0.2) is 57.1 Å². The molecule has 38 heavy (non-hydrogen) atoms. The van der Waals surface area contributed by atoms with Gasteiger partial charge >= 0.3 is 6.09 Å². The Morgan fingerprint density at radius 3 is 2.61 bits per heavy atom. The highest BCUT2D eigenvalue weighted by Gasteiger charge is 2.29. The quantitative estimate of drug-likeness (QED) is 0.379. The highest BCUT2D eigenvalue weighted by Crippen LogP contribution is 2.25. The molecule has 1 atom stereocenters. The number of amides is 2. The maximum absolute atomic E-state index is 13.0. The molecule has 0 saturated carbocycles. The van der Waals surface area contributed by atoms with Gasteiger partial charge in [-0.25, -0.2) is 9.78 Å². The molecule has 192 valence electrons. The molecule has 2 amide bonds. The van der Waals surface area contributed by atoms with Gasteiger partial charge in [-0.1, -0.05) is 36.4 Å². The van der Waals surface area contributed by atoms with Crippen molar-refractivity contribution in [2.75, 3.05) is 18.8 Å². The van der Waals surface area contributed by atoms with E-state index < -0.39 is 6.09 Å². The predicted molar refractivity (Wildman–Crippen MR) is 142 cm³/mol. The molecular formula is C28H26N6O4. The number of carbonyl (C=O) groups is 3. The Bertz CT molecular complexity index is 1500. The zero-order valence-electron chi connectivity index (χ0n) is 20.7. The summed E-state index contributed by atoms with van der Waals surface area (Å²) in [6.07, 6.45) is 6.00. The second-order valence-electron chi connectivity index (χ2n) is 9.10. The van der Waals surface area contributed by atoms with Crippen molar-refractivity contribution in [1.29, 1.82) is 0 Å². The second-order valence-corrected chi connectivity index (χ2v) is 9.10. The lowest BCUT2D eigenvalue weighted by atomic mass is 10.0. The third-order valence-corrected chi connectivity index (χ3v) is 6.40. The van der Waals surface area contributed by atoms with Crippen molar-refractivity contribution in [3.63, 3.8) is 0 Å². The normalized spacial score (nSPS) is 14.8. The molecule has 3 heterocycles. The van der Waals surface area contributed by atoms with E-state index in [0.717, 1.165) is 28.5 Å². The average molecular weight is 511 g/mol. The van der Waals surface area contributed by atoms with E-state index in [-0.39, 0.29) is 23.3 Å². The molecule has 10 nitrogen and oxygen atoms in total. The highest BCUT2D eigenvalue weighted by atomic mass is 16.6. The van der Waals surface area contributed by atoms with E-state index in [1.807, 2.05) is 31.4 Å². The summed E-state index contributed by atoms with van der Waals surface area (Å²) in [5.74, 6) is 0.185. The van der Waals surface area contributed by atoms with Crippen molar-refractivity contribution in [3.05, 3.63) is 84.3 Å². The summed E-state index contributed by atoms with van der Waals surface area (Å²) >= 11 is 0. The summed E-state index contributed by atoms with van der Waals surface area (Å²) in [5.41, 5.74) is 10.2. The number of rotatable bonds is 6. The summed E-state index contributed by atoms with van der Waals surface area (Å²) in [5, 5.41) is 7.11. The molecule has 1 fully saturated rings. The Labute approximate surface area is 219 Å². The van der Waals surface area contributed by atoms with Crippen LogP contribution in [-0.2, 0) is 7.05 Å². The fraction of sp³-hybridized carbons (Fsp3) is 0.179. The number of likely N-dealkylation sites (tertiary alicyclic amines) is 1. The van der Waals surface area contributed by atoms with Gasteiger partial charge in [0.25, 0.3) is 5.91 Å². The van der Waals surface area contributed by atoms with Crippen LogP contribution in [0.15, 0.2) is 73.2 Å². The number of aldehydes is 1. The molecule has 0 radical (unpaired) electrons. The van der Waals surface area contributed by atoms with E-state index in [4.69, 9.17) is 10.5 Å². The molecule has 3 N–H and O–H groups in total. The van der Waals surface area contributed by atoms with Crippen LogP contribution in [0.4, 0.5) is 10.6 Å². The average Bonchev–Trinajstić information content (AvgIpc) is 3.58. The topological polar surface area (TPSA) is 132 Å². The number of benzene rings is 2. The highest BCUT2D eigenvalue weighted by molar-refractivity contribution is 5.99. The summed E-state index contributed by atoms with van der Waals surface area (Å²) < 4.78 is 7.28. The van der Waals surface area contributed by atoms with Gasteiger partial charge in [-0.15, -0.1) is 0 Å². The number of anilines is 1. The van der Waals surface area contributed by atoms with Crippen LogP contribution in [0.1, 0.15) is 27.1 Å². The lowest BCUT2D eigenvalue weighted by Gasteiger charge is -2.17. The van der Waals surface area contributed by atoms with Crippen LogP contribution < -0.4 is 15.8 Å². The monoisotopic (exact) mass is 510 g/mol. The summed E-state index contributed by atoms with van der Waals surface area (Å²) in [6, 6.07) is 15.8. The van der Waals surface area contributed by atoms with Crippen LogP contribution in [0.2, 0.25) is 0 Å². The van der Waals surface area contributed by atoms with E-state index in [2.05, 4.69) is 15.4 Å². The number of hydrogen-bond acceptors (Lipinski definition) is 7. The maximum Gasteiger partial charge on any atom is 0.415 e.